The van der Waals surface area contributed by atoms with Gasteiger partial charge < -0.3 is 20.4 Å². The molecule has 0 spiro atoms. The molecule has 0 amide bonds. The van der Waals surface area contributed by atoms with E-state index in [2.05, 4.69) is 46.0 Å². The Balaban J connectivity index is 1.44. The fourth-order valence-corrected chi connectivity index (χ4v) is 3.39. The lowest BCUT2D eigenvalue weighted by Crippen LogP contribution is -2.42. The van der Waals surface area contributed by atoms with Crippen LogP contribution in [0.25, 0.3) is 11.5 Å². The third-order valence-corrected chi connectivity index (χ3v) is 5.10. The summed E-state index contributed by atoms with van der Waals surface area (Å²) in [7, 11) is 0. The van der Waals surface area contributed by atoms with Crippen LogP contribution in [-0.4, -0.2) is 76.0 Å². The van der Waals surface area contributed by atoms with Crippen LogP contribution in [0.2, 0.25) is 0 Å². The number of pyridine rings is 1. The van der Waals surface area contributed by atoms with Crippen molar-refractivity contribution in [1.29, 1.82) is 0 Å². The highest BCUT2D eigenvalue weighted by molar-refractivity contribution is 5.69. The molecule has 0 unspecified atom stereocenters. The van der Waals surface area contributed by atoms with Crippen molar-refractivity contribution in [3.8, 4) is 11.5 Å². The Bertz CT molecular complexity index is 963. The predicted molar refractivity (Wildman–Crippen MR) is 119 cm³/mol. The van der Waals surface area contributed by atoms with E-state index < -0.39 is 6.67 Å². The smallest absolute Gasteiger partial charge is 0.253 e. The van der Waals surface area contributed by atoms with E-state index in [-0.39, 0.29) is 0 Å². The molecule has 3 aromatic heterocycles. The number of hydrogen-bond donors (Lipinski definition) is 3. The van der Waals surface area contributed by atoms with Crippen LogP contribution in [0.15, 0.2) is 35.1 Å². The first kappa shape index (κ1) is 22.0. The average molecular weight is 442 g/mol. The molecule has 0 radical (unpaired) electrons. The molecule has 1 aliphatic rings. The standard InChI is InChI=1S/C21H28FN9O/c22-5-1-6-25-19-17(20-30-29-18(32-20)15-31-12-10-24-11-13-31)14-27-21(28-19)26-9-4-16-2-7-23-8-3-16/h2-3,7-8,14,24H,1,4-6,9-13,15H2,(H2,25,26,27,28). The molecular weight excluding hydrogens is 413 g/mol. The molecule has 0 aromatic carbocycles. The lowest BCUT2D eigenvalue weighted by Gasteiger charge is -2.25. The molecule has 0 atom stereocenters. The van der Waals surface area contributed by atoms with E-state index in [1.807, 2.05) is 12.1 Å². The van der Waals surface area contributed by atoms with Crippen molar-refractivity contribution < 1.29 is 8.81 Å². The number of nitrogens with one attached hydrogen (secondary N) is 3. The van der Waals surface area contributed by atoms with E-state index in [0.717, 1.165) is 32.6 Å². The number of aromatic nitrogens is 5. The largest absolute Gasteiger partial charge is 0.419 e. The molecule has 10 nitrogen and oxygen atoms in total. The summed E-state index contributed by atoms with van der Waals surface area (Å²) in [6.07, 6.45) is 6.40. The van der Waals surface area contributed by atoms with Gasteiger partial charge in [-0.3, -0.25) is 14.3 Å². The second-order valence-electron chi connectivity index (χ2n) is 7.48. The van der Waals surface area contributed by atoms with Crippen molar-refractivity contribution >= 4 is 11.8 Å². The summed E-state index contributed by atoms with van der Waals surface area (Å²) in [6, 6.07) is 3.95. The molecule has 170 valence electrons. The fourth-order valence-electron chi connectivity index (χ4n) is 3.39. The van der Waals surface area contributed by atoms with Crippen LogP contribution in [0.4, 0.5) is 16.2 Å². The summed E-state index contributed by atoms with van der Waals surface area (Å²) in [4.78, 5) is 15.3. The minimum Gasteiger partial charge on any atom is -0.419 e. The topological polar surface area (TPSA) is 117 Å². The summed E-state index contributed by atoms with van der Waals surface area (Å²) < 4.78 is 18.5. The number of alkyl halides is 1. The van der Waals surface area contributed by atoms with Gasteiger partial charge in [0.1, 0.15) is 5.82 Å². The zero-order chi connectivity index (χ0) is 22.0. The number of anilines is 2. The summed E-state index contributed by atoms with van der Waals surface area (Å²) in [5.74, 6) is 1.92. The molecule has 1 fully saturated rings. The summed E-state index contributed by atoms with van der Waals surface area (Å²) in [5, 5.41) is 18.1. The maximum Gasteiger partial charge on any atom is 0.253 e. The Morgan fingerprint density at radius 2 is 1.94 bits per heavy atom. The Hall–Kier alpha value is -3.18. The van der Waals surface area contributed by atoms with E-state index in [1.54, 1.807) is 18.6 Å². The number of nitrogens with zero attached hydrogens (tertiary/aromatic N) is 6. The van der Waals surface area contributed by atoms with Crippen molar-refractivity contribution in [3.05, 3.63) is 42.2 Å². The molecule has 3 aromatic rings. The minimum absolute atomic E-state index is 0.348. The molecular formula is C21H28FN9O. The summed E-state index contributed by atoms with van der Waals surface area (Å²) in [6.45, 7) is 5.10. The van der Waals surface area contributed by atoms with Gasteiger partial charge in [0, 0.05) is 57.9 Å². The first-order valence-electron chi connectivity index (χ1n) is 10.9. The van der Waals surface area contributed by atoms with Crippen LogP contribution in [0.1, 0.15) is 17.9 Å². The van der Waals surface area contributed by atoms with Gasteiger partial charge >= 0.3 is 0 Å². The number of piperazine rings is 1. The molecule has 11 heteroatoms. The van der Waals surface area contributed by atoms with Crippen LogP contribution in [-0.2, 0) is 13.0 Å². The first-order valence-corrected chi connectivity index (χ1v) is 10.9. The van der Waals surface area contributed by atoms with Crippen molar-refractivity contribution in [2.24, 2.45) is 0 Å². The molecule has 1 saturated heterocycles. The Labute approximate surface area is 186 Å². The molecule has 3 N–H and O–H groups in total. The molecule has 0 bridgehead atoms. The van der Waals surface area contributed by atoms with E-state index in [4.69, 9.17) is 4.42 Å². The van der Waals surface area contributed by atoms with Gasteiger partial charge in [-0.25, -0.2) is 4.98 Å². The lowest BCUT2D eigenvalue weighted by molar-refractivity contribution is 0.213. The van der Waals surface area contributed by atoms with Gasteiger partial charge in [-0.15, -0.1) is 10.2 Å². The van der Waals surface area contributed by atoms with Gasteiger partial charge in [0.05, 0.1) is 18.8 Å². The zero-order valence-corrected chi connectivity index (χ0v) is 17.9. The minimum atomic E-state index is -0.403. The van der Waals surface area contributed by atoms with Crippen LogP contribution >= 0.6 is 0 Å². The van der Waals surface area contributed by atoms with Crippen molar-refractivity contribution in [1.82, 2.24) is 35.4 Å². The average Bonchev–Trinajstić information content (AvgIpc) is 3.29. The molecule has 4 rings (SSSR count). The van der Waals surface area contributed by atoms with Crippen molar-refractivity contribution in [2.45, 2.75) is 19.4 Å². The second-order valence-corrected chi connectivity index (χ2v) is 7.48. The Morgan fingerprint density at radius 1 is 1.09 bits per heavy atom. The zero-order valence-electron chi connectivity index (χ0n) is 17.9. The van der Waals surface area contributed by atoms with Crippen LogP contribution in [0.3, 0.4) is 0 Å². The second kappa shape index (κ2) is 11.4. The molecule has 0 aliphatic carbocycles. The van der Waals surface area contributed by atoms with Crippen LogP contribution < -0.4 is 16.0 Å². The molecule has 4 heterocycles. The SMILES string of the molecule is FCCCNc1nc(NCCc2ccncc2)ncc1-c1nnc(CN2CCNCC2)o1. The van der Waals surface area contributed by atoms with Gasteiger partial charge in [-0.2, -0.15) is 4.98 Å². The Morgan fingerprint density at radius 3 is 2.75 bits per heavy atom. The summed E-state index contributed by atoms with van der Waals surface area (Å²) in [5.41, 5.74) is 1.77. The fraction of sp³-hybridized carbons (Fsp3) is 0.476. The van der Waals surface area contributed by atoms with Crippen LogP contribution in [0, 0.1) is 0 Å². The highest BCUT2D eigenvalue weighted by atomic mass is 19.1. The number of halogens is 1. The van der Waals surface area contributed by atoms with Crippen LogP contribution in [0.5, 0.6) is 0 Å². The quantitative estimate of drug-likeness (QED) is 0.380. The van der Waals surface area contributed by atoms with Gasteiger partial charge in [0.15, 0.2) is 0 Å². The summed E-state index contributed by atoms with van der Waals surface area (Å²) >= 11 is 0. The molecule has 32 heavy (non-hydrogen) atoms. The third-order valence-electron chi connectivity index (χ3n) is 5.10. The molecule has 1 aliphatic heterocycles. The Kier molecular flexibility index (Phi) is 7.88. The van der Waals surface area contributed by atoms with Gasteiger partial charge in [0.25, 0.3) is 5.89 Å². The lowest BCUT2D eigenvalue weighted by atomic mass is 10.2. The molecule has 0 saturated carbocycles. The van der Waals surface area contributed by atoms with Gasteiger partial charge in [0.2, 0.25) is 11.8 Å². The van der Waals surface area contributed by atoms with E-state index >= 15 is 0 Å². The van der Waals surface area contributed by atoms with Crippen molar-refractivity contribution in [3.63, 3.8) is 0 Å². The maximum absolute atomic E-state index is 12.6. The van der Waals surface area contributed by atoms with E-state index in [1.165, 1.54) is 5.56 Å². The van der Waals surface area contributed by atoms with Crippen molar-refractivity contribution in [2.75, 3.05) is 56.6 Å². The highest BCUT2D eigenvalue weighted by Crippen LogP contribution is 2.26. The number of rotatable bonds is 11. The predicted octanol–water partition coefficient (Wildman–Crippen LogP) is 1.75. The third kappa shape index (κ3) is 6.17. The monoisotopic (exact) mass is 441 g/mol. The highest BCUT2D eigenvalue weighted by Gasteiger charge is 2.18. The maximum atomic E-state index is 12.6. The van der Waals surface area contributed by atoms with E-state index in [9.17, 15) is 4.39 Å². The normalized spacial score (nSPS) is 14.4. The van der Waals surface area contributed by atoms with E-state index in [0.29, 0.717) is 55.2 Å². The van der Waals surface area contributed by atoms with Gasteiger partial charge in [-0.05, 0) is 30.5 Å². The first-order chi connectivity index (χ1) is 15.8. The number of hydrogen-bond acceptors (Lipinski definition) is 10. The van der Waals surface area contributed by atoms with Gasteiger partial charge in [-0.1, -0.05) is 0 Å².